The van der Waals surface area contributed by atoms with Crippen molar-refractivity contribution in [2.24, 2.45) is 10.2 Å². The normalized spacial score (nSPS) is 12.2. The Morgan fingerprint density at radius 1 is 0.946 bits per heavy atom. The van der Waals surface area contributed by atoms with Crippen LogP contribution in [0.5, 0.6) is 11.5 Å². The second-order valence-corrected chi connectivity index (χ2v) is 9.37. The Morgan fingerprint density at radius 3 is 2.08 bits per heavy atom. The van der Waals surface area contributed by atoms with E-state index in [1.165, 1.54) is 32.4 Å². The number of rotatable bonds is 9. The number of hydrogen-bond acceptors (Lipinski definition) is 11. The average molecular weight is 527 g/mol. The van der Waals surface area contributed by atoms with Gasteiger partial charge in [-0.2, -0.15) is 10.2 Å². The predicted molar refractivity (Wildman–Crippen MR) is 135 cm³/mol. The molecule has 12 nitrogen and oxygen atoms in total. The highest BCUT2D eigenvalue weighted by molar-refractivity contribution is 7.94. The molecule has 13 heteroatoms. The average Bonchev–Trinajstić information content (AvgIpc) is 2.88. The number of carbonyl (C=O) groups is 1. The summed E-state index contributed by atoms with van der Waals surface area (Å²) in [5.41, 5.74) is 3.82. The summed E-state index contributed by atoms with van der Waals surface area (Å²) < 4.78 is 34.5. The highest BCUT2D eigenvalue weighted by Crippen LogP contribution is 2.28. The number of methoxy groups -OCH3 is 2. The maximum atomic E-state index is 13.1. The van der Waals surface area contributed by atoms with E-state index in [0.717, 1.165) is 17.0 Å². The quantitative estimate of drug-likeness (QED) is 0.342. The lowest BCUT2D eigenvalue weighted by molar-refractivity contribution is 0.0694. The van der Waals surface area contributed by atoms with Crippen LogP contribution in [0.25, 0.3) is 0 Å². The first-order valence-electron chi connectivity index (χ1n) is 10.4. The van der Waals surface area contributed by atoms with Gasteiger partial charge in [-0.25, -0.2) is 13.2 Å². The van der Waals surface area contributed by atoms with Gasteiger partial charge in [0.15, 0.2) is 15.2 Å². The van der Waals surface area contributed by atoms with Gasteiger partial charge in [0.05, 0.1) is 36.1 Å². The summed E-state index contributed by atoms with van der Waals surface area (Å²) >= 11 is 0. The Kier molecular flexibility index (Phi) is 7.88. The molecule has 0 amide bonds. The van der Waals surface area contributed by atoms with E-state index in [1.807, 2.05) is 6.92 Å². The van der Waals surface area contributed by atoms with E-state index in [4.69, 9.17) is 9.47 Å². The summed E-state index contributed by atoms with van der Waals surface area (Å²) in [7, 11) is -1.02. The summed E-state index contributed by atoms with van der Waals surface area (Å²) in [6.45, 7) is 5.11. The minimum absolute atomic E-state index is 0.0479. The number of nitrogens with one attached hydrogen (secondary N) is 2. The van der Waals surface area contributed by atoms with Crippen LogP contribution in [-0.4, -0.2) is 33.7 Å². The van der Waals surface area contributed by atoms with Gasteiger partial charge in [-0.15, -0.1) is 0 Å². The van der Waals surface area contributed by atoms with Crippen molar-refractivity contribution >= 4 is 27.2 Å². The smallest absolute Gasteiger partial charge is 0.338 e. The van der Waals surface area contributed by atoms with E-state index in [2.05, 4.69) is 27.6 Å². The van der Waals surface area contributed by atoms with Gasteiger partial charge in [0, 0.05) is 17.5 Å². The first kappa shape index (κ1) is 26.8. The minimum atomic E-state index is -3.74. The number of carboxylic acid groups (broad SMARTS) is 1. The molecule has 3 rings (SSSR count). The number of aromatic carboxylic acids is 1. The topological polar surface area (TPSA) is 173 Å². The van der Waals surface area contributed by atoms with Crippen LogP contribution < -0.4 is 41.9 Å². The number of anilines is 2. The predicted octanol–water partition coefficient (Wildman–Crippen LogP) is 1.08. The third kappa shape index (κ3) is 5.73. The molecule has 0 aliphatic rings. The first-order chi connectivity index (χ1) is 17.5. The van der Waals surface area contributed by atoms with Crippen molar-refractivity contribution in [2.75, 3.05) is 25.1 Å². The van der Waals surface area contributed by atoms with Gasteiger partial charge < -0.3 is 14.6 Å². The highest BCUT2D eigenvalue weighted by atomic mass is 32.2. The third-order valence-electron chi connectivity index (χ3n) is 5.08. The molecule has 0 aliphatic carbocycles. The standard InChI is InChI=1S/C24H22N4O8S/c1-5-37(33,34)14-7-9-17(20(11-14)36-4)26-28-22-18(29)12-15(24(31)32)21(23(22)30)27-25-16-8-6-13(2)10-19(16)35-3/h5-12,25-26H,1H2,2-4H3,(H,31,32)/b27-21-,28-22+. The molecule has 0 fully saturated rings. The van der Waals surface area contributed by atoms with Crippen molar-refractivity contribution in [3.05, 3.63) is 96.7 Å². The number of sulfone groups is 1. The molecule has 37 heavy (non-hydrogen) atoms. The second-order valence-electron chi connectivity index (χ2n) is 7.48. The number of ether oxygens (including phenoxy) is 2. The van der Waals surface area contributed by atoms with Gasteiger partial charge in [0.2, 0.25) is 10.9 Å². The van der Waals surface area contributed by atoms with Crippen LogP contribution in [-0.2, 0) is 9.84 Å². The molecule has 0 saturated carbocycles. The van der Waals surface area contributed by atoms with Crippen LogP contribution in [0.2, 0.25) is 0 Å². The van der Waals surface area contributed by atoms with Crippen molar-refractivity contribution in [3.63, 3.8) is 0 Å². The molecule has 0 unspecified atom stereocenters. The second kappa shape index (κ2) is 10.9. The summed E-state index contributed by atoms with van der Waals surface area (Å²) in [5, 5.41) is 16.8. The van der Waals surface area contributed by atoms with Gasteiger partial charge in [-0.1, -0.05) is 12.6 Å². The SMILES string of the molecule is C=CS(=O)(=O)c1ccc(N/N=c2\c(=O)cc(C(=O)O)/c(=N/Nc3ccc(C)cc3OC)c2=O)c(OC)c1. The fourth-order valence-corrected chi connectivity index (χ4v) is 3.88. The number of benzene rings is 3. The minimum Gasteiger partial charge on any atom is -0.495 e. The zero-order valence-corrected chi connectivity index (χ0v) is 20.8. The lowest BCUT2D eigenvalue weighted by atomic mass is 10.2. The Balaban J connectivity index is 2.13. The van der Waals surface area contributed by atoms with Crippen molar-refractivity contribution in [1.29, 1.82) is 0 Å². The first-order valence-corrected chi connectivity index (χ1v) is 12.0. The summed E-state index contributed by atoms with van der Waals surface area (Å²) in [5.74, 6) is -1.09. The molecular weight excluding hydrogens is 504 g/mol. The number of nitrogens with zero attached hydrogens (tertiary/aromatic N) is 2. The lowest BCUT2D eigenvalue weighted by Gasteiger charge is -2.09. The molecule has 0 atom stereocenters. The van der Waals surface area contributed by atoms with Crippen LogP contribution in [0.15, 0.2) is 79.1 Å². The van der Waals surface area contributed by atoms with E-state index in [0.29, 0.717) is 11.4 Å². The monoisotopic (exact) mass is 526 g/mol. The van der Waals surface area contributed by atoms with Gasteiger partial charge in [-0.05, 0) is 36.8 Å². The van der Waals surface area contributed by atoms with Crippen LogP contribution in [0.1, 0.15) is 15.9 Å². The van der Waals surface area contributed by atoms with E-state index >= 15 is 0 Å². The van der Waals surface area contributed by atoms with E-state index < -0.39 is 42.9 Å². The molecule has 3 aromatic rings. The molecule has 0 radical (unpaired) electrons. The van der Waals surface area contributed by atoms with Crippen molar-refractivity contribution < 1.29 is 27.8 Å². The van der Waals surface area contributed by atoms with Crippen LogP contribution in [0, 0.1) is 6.92 Å². The van der Waals surface area contributed by atoms with Crippen molar-refractivity contribution in [1.82, 2.24) is 0 Å². The Hall–Kier alpha value is -4.78. The van der Waals surface area contributed by atoms with Crippen molar-refractivity contribution in [2.45, 2.75) is 11.8 Å². The molecule has 0 saturated heterocycles. The third-order valence-corrected chi connectivity index (χ3v) is 6.43. The van der Waals surface area contributed by atoms with Crippen molar-refractivity contribution in [3.8, 4) is 11.5 Å². The maximum Gasteiger partial charge on any atom is 0.338 e. The summed E-state index contributed by atoms with van der Waals surface area (Å²) in [6.07, 6.45) is 0. The zero-order valence-electron chi connectivity index (χ0n) is 19.9. The molecule has 3 N–H and O–H groups in total. The Morgan fingerprint density at radius 2 is 1.51 bits per heavy atom. The molecule has 0 aliphatic heterocycles. The molecule has 0 aromatic heterocycles. The van der Waals surface area contributed by atoms with Gasteiger partial charge in [-0.3, -0.25) is 20.4 Å². The molecular formula is C24H22N4O8S. The van der Waals surface area contributed by atoms with Gasteiger partial charge in [0.25, 0.3) is 0 Å². The van der Waals surface area contributed by atoms with E-state index in [1.54, 1.807) is 18.2 Å². The van der Waals surface area contributed by atoms with E-state index in [9.17, 15) is 27.9 Å². The number of carboxylic acids is 1. The molecule has 3 aromatic carbocycles. The van der Waals surface area contributed by atoms with Crippen LogP contribution in [0.4, 0.5) is 11.4 Å². The summed E-state index contributed by atoms with van der Waals surface area (Å²) in [4.78, 5) is 37.2. The maximum absolute atomic E-state index is 13.1. The fourth-order valence-electron chi connectivity index (χ4n) is 3.15. The fraction of sp³-hybridized carbons (Fsp3) is 0.125. The highest BCUT2D eigenvalue weighted by Gasteiger charge is 2.16. The Bertz CT molecular complexity index is 1720. The van der Waals surface area contributed by atoms with E-state index in [-0.39, 0.29) is 16.3 Å². The lowest BCUT2D eigenvalue weighted by Crippen LogP contribution is -2.50. The van der Waals surface area contributed by atoms with Gasteiger partial charge in [0.1, 0.15) is 16.9 Å². The summed E-state index contributed by atoms with van der Waals surface area (Å²) in [6, 6.07) is 9.59. The molecule has 0 heterocycles. The molecule has 192 valence electrons. The number of hydrogen-bond donors (Lipinski definition) is 3. The van der Waals surface area contributed by atoms with Crippen LogP contribution in [0.3, 0.4) is 0 Å². The largest absolute Gasteiger partial charge is 0.495 e. The van der Waals surface area contributed by atoms with Crippen LogP contribution >= 0.6 is 0 Å². The molecule has 0 bridgehead atoms. The Labute approximate surface area is 210 Å². The molecule has 0 spiro atoms. The number of aryl methyl sites for hydroxylation is 1. The van der Waals surface area contributed by atoms with Gasteiger partial charge >= 0.3 is 5.97 Å². The zero-order chi connectivity index (χ0) is 27.3.